The van der Waals surface area contributed by atoms with Gasteiger partial charge in [0.25, 0.3) is 0 Å². The van der Waals surface area contributed by atoms with E-state index in [9.17, 15) is 0 Å². The minimum Gasteiger partial charge on any atom is -0.0623 e. The van der Waals surface area contributed by atoms with E-state index in [1.54, 1.807) is 0 Å². The molecule has 0 fully saturated rings. The van der Waals surface area contributed by atoms with Crippen LogP contribution in [0.1, 0.15) is 44.5 Å². The van der Waals surface area contributed by atoms with Crippen molar-refractivity contribution in [2.24, 2.45) is 0 Å². The number of benzene rings is 12. The Morgan fingerprint density at radius 2 is 0.427 bits per heavy atom. The van der Waals surface area contributed by atoms with Crippen LogP contribution in [0.15, 0.2) is 291 Å². The summed E-state index contributed by atoms with van der Waals surface area (Å²) in [6.45, 7) is 0. The van der Waals surface area contributed by atoms with Crippen LogP contribution in [-0.2, 0) is 10.8 Å². The molecule has 1 heteroatoms. The fraction of sp³-hybridized carbons (Fsp3) is 0.0270. The van der Waals surface area contributed by atoms with Crippen molar-refractivity contribution in [2.75, 3.05) is 0 Å². The summed E-state index contributed by atoms with van der Waals surface area (Å²) >= 11 is 0. The molecule has 0 aliphatic heterocycles. The van der Waals surface area contributed by atoms with Crippen molar-refractivity contribution >= 4 is 28.8 Å². The van der Waals surface area contributed by atoms with Gasteiger partial charge in [-0.25, -0.2) is 0 Å². The molecule has 0 N–H and O–H groups in total. The van der Waals surface area contributed by atoms with E-state index in [4.69, 9.17) is 0 Å². The third-order valence-electron chi connectivity index (χ3n) is 17.7. The molecule has 0 aromatic heterocycles. The van der Waals surface area contributed by atoms with E-state index in [1.807, 2.05) is 0 Å². The molecular weight excluding hydrogens is 917 g/mol. The van der Waals surface area contributed by atoms with E-state index in [1.165, 1.54) is 132 Å². The maximum atomic E-state index is 2.54. The third kappa shape index (κ3) is 5.55. The number of hydrogen-bond acceptors (Lipinski definition) is 0. The summed E-state index contributed by atoms with van der Waals surface area (Å²) in [5.74, 6) is 0. The summed E-state index contributed by atoms with van der Waals surface area (Å²) < 4.78 is 0. The van der Waals surface area contributed by atoms with E-state index in [0.29, 0.717) is 0 Å². The lowest BCUT2D eigenvalue weighted by Gasteiger charge is -2.35. The molecule has 0 bridgehead atoms. The Morgan fingerprint density at radius 3 is 0.747 bits per heavy atom. The molecule has 4 aliphatic carbocycles. The minimum atomic E-state index is -3.03. The van der Waals surface area contributed by atoms with Crippen molar-refractivity contribution in [3.8, 4) is 66.8 Å². The Kier molecular flexibility index (Phi) is 9.00. The van der Waals surface area contributed by atoms with Gasteiger partial charge in [-0.05, 0) is 144 Å². The lowest BCUT2D eigenvalue weighted by Crippen LogP contribution is -2.74. The van der Waals surface area contributed by atoms with Crippen LogP contribution in [0.25, 0.3) is 66.8 Å². The first kappa shape index (κ1) is 42.4. The predicted molar refractivity (Wildman–Crippen MR) is 314 cm³/mol. The molecule has 0 unspecified atom stereocenters. The van der Waals surface area contributed by atoms with E-state index >= 15 is 0 Å². The molecule has 0 amide bonds. The van der Waals surface area contributed by atoms with Gasteiger partial charge in [0.15, 0.2) is 8.07 Å². The highest BCUT2D eigenvalue weighted by atomic mass is 28.3. The van der Waals surface area contributed by atoms with Gasteiger partial charge < -0.3 is 0 Å². The Balaban J connectivity index is 0.893. The Hall–Kier alpha value is -9.14. The molecular formula is C74H48Si. The highest BCUT2D eigenvalue weighted by molar-refractivity contribution is 7.20. The molecule has 0 nitrogen and oxygen atoms in total. The maximum Gasteiger partial charge on any atom is 0.179 e. The SMILES string of the molecule is c1ccc([Si](c2ccccc2)(c2cccc(-c3ccc4c(c3)C3(c5ccccc5-c5ccccc53)c3ccccc3-4)c2)c2cccc(-c3ccc4c(c3)C3(c5ccccc5-c5ccccc53)c3ccccc3-4)c2)cc1. The van der Waals surface area contributed by atoms with Crippen molar-refractivity contribution in [2.45, 2.75) is 10.8 Å². The monoisotopic (exact) mass is 964 g/mol. The van der Waals surface area contributed by atoms with Crippen molar-refractivity contribution in [3.63, 3.8) is 0 Å². The summed E-state index contributed by atoms with van der Waals surface area (Å²) in [5.41, 5.74) is 25.5. The summed E-state index contributed by atoms with van der Waals surface area (Å²) in [5, 5.41) is 5.42. The maximum absolute atomic E-state index is 3.03. The van der Waals surface area contributed by atoms with Gasteiger partial charge in [-0.15, -0.1) is 0 Å². The van der Waals surface area contributed by atoms with Gasteiger partial charge in [0.1, 0.15) is 0 Å². The molecule has 16 rings (SSSR count). The van der Waals surface area contributed by atoms with Crippen LogP contribution in [-0.4, -0.2) is 8.07 Å². The second-order valence-electron chi connectivity index (χ2n) is 20.9. The lowest BCUT2D eigenvalue weighted by molar-refractivity contribution is 0.794. The zero-order chi connectivity index (χ0) is 49.3. The summed E-state index contributed by atoms with van der Waals surface area (Å²) in [4.78, 5) is 0. The lowest BCUT2D eigenvalue weighted by atomic mass is 9.70. The summed E-state index contributed by atoms with van der Waals surface area (Å²) in [6.07, 6.45) is 0. The normalized spacial score (nSPS) is 14.1. The number of rotatable bonds is 6. The third-order valence-corrected chi connectivity index (χ3v) is 22.4. The van der Waals surface area contributed by atoms with E-state index in [2.05, 4.69) is 291 Å². The Bertz CT molecular complexity index is 3910. The molecule has 348 valence electrons. The van der Waals surface area contributed by atoms with Crippen molar-refractivity contribution in [1.29, 1.82) is 0 Å². The quantitative estimate of drug-likeness (QED) is 0.115. The first-order chi connectivity index (χ1) is 37.2. The fourth-order valence-corrected chi connectivity index (χ4v) is 19.6. The average Bonchev–Trinajstić information content (AvgIpc) is 4.20. The van der Waals surface area contributed by atoms with Crippen LogP contribution < -0.4 is 20.7 Å². The van der Waals surface area contributed by atoms with Gasteiger partial charge in [0.2, 0.25) is 0 Å². The van der Waals surface area contributed by atoms with Crippen LogP contribution in [0, 0.1) is 0 Å². The smallest absolute Gasteiger partial charge is 0.0623 e. The van der Waals surface area contributed by atoms with Crippen LogP contribution in [0.4, 0.5) is 0 Å². The number of fused-ring (bicyclic) bond motifs is 20. The molecule has 0 saturated carbocycles. The van der Waals surface area contributed by atoms with E-state index in [0.717, 1.165) is 0 Å². The highest BCUT2D eigenvalue weighted by Gasteiger charge is 2.53. The topological polar surface area (TPSA) is 0 Å². The standard InChI is InChI=1S/C74H48Si/c1-3-23-53(24-4-1)75(54-25-5-2-6-26-54,55-27-19-21-49(45-55)51-41-43-63-61-33-11-17-39-69(61)73(71(63)47-51)65-35-13-7-29-57(65)58-30-8-14-36-66(58)73)56-28-20-22-50(46-56)52-42-44-64-62-34-12-18-40-70(62)74(72(64)48-52)67-37-15-9-31-59(67)60-32-10-16-38-68(60)74/h1-48H. The summed E-state index contributed by atoms with van der Waals surface area (Å²) in [7, 11) is -3.03. The summed E-state index contributed by atoms with van der Waals surface area (Å²) in [6, 6.07) is 111. The Labute approximate surface area is 439 Å². The van der Waals surface area contributed by atoms with Gasteiger partial charge in [0, 0.05) is 0 Å². The van der Waals surface area contributed by atoms with Gasteiger partial charge >= 0.3 is 0 Å². The van der Waals surface area contributed by atoms with Crippen LogP contribution in [0.2, 0.25) is 0 Å². The zero-order valence-electron chi connectivity index (χ0n) is 41.2. The molecule has 2 spiro atoms. The fourth-order valence-electron chi connectivity index (χ4n) is 14.8. The van der Waals surface area contributed by atoms with Gasteiger partial charge in [-0.1, -0.05) is 279 Å². The van der Waals surface area contributed by atoms with Gasteiger partial charge in [-0.3, -0.25) is 0 Å². The molecule has 0 saturated heterocycles. The Morgan fingerprint density at radius 1 is 0.173 bits per heavy atom. The molecule has 0 atom stereocenters. The molecule has 0 heterocycles. The predicted octanol–water partition coefficient (Wildman–Crippen LogP) is 15.1. The average molecular weight is 965 g/mol. The second-order valence-corrected chi connectivity index (χ2v) is 24.7. The van der Waals surface area contributed by atoms with Crippen molar-refractivity contribution in [3.05, 3.63) is 336 Å². The van der Waals surface area contributed by atoms with Crippen molar-refractivity contribution in [1.82, 2.24) is 0 Å². The van der Waals surface area contributed by atoms with E-state index in [-0.39, 0.29) is 0 Å². The van der Waals surface area contributed by atoms with E-state index < -0.39 is 18.9 Å². The van der Waals surface area contributed by atoms with Crippen molar-refractivity contribution < 1.29 is 0 Å². The largest absolute Gasteiger partial charge is 0.179 e. The minimum absolute atomic E-state index is 0.412. The van der Waals surface area contributed by atoms with Gasteiger partial charge in [-0.2, -0.15) is 0 Å². The highest BCUT2D eigenvalue weighted by Crippen LogP contribution is 2.64. The molecule has 0 radical (unpaired) electrons. The molecule has 12 aromatic rings. The van der Waals surface area contributed by atoms with Crippen LogP contribution >= 0.6 is 0 Å². The first-order valence-electron chi connectivity index (χ1n) is 26.4. The van der Waals surface area contributed by atoms with Crippen LogP contribution in [0.3, 0.4) is 0 Å². The molecule has 12 aromatic carbocycles. The molecule has 4 aliphatic rings. The second kappa shape index (κ2) is 15.9. The van der Waals surface area contributed by atoms with Gasteiger partial charge in [0.05, 0.1) is 10.8 Å². The molecule has 75 heavy (non-hydrogen) atoms. The number of hydrogen-bond donors (Lipinski definition) is 0. The zero-order valence-corrected chi connectivity index (χ0v) is 42.2. The first-order valence-corrected chi connectivity index (χ1v) is 28.4. The van der Waals surface area contributed by atoms with Crippen LogP contribution in [0.5, 0.6) is 0 Å².